The van der Waals surface area contributed by atoms with Crippen LogP contribution in [-0.4, -0.2) is 26.0 Å². The van der Waals surface area contributed by atoms with Crippen molar-refractivity contribution < 1.29 is 5.11 Å². The van der Waals surface area contributed by atoms with Gasteiger partial charge in [-0.2, -0.15) is 8.75 Å². The quantitative estimate of drug-likeness (QED) is 0.889. The predicted octanol–water partition coefficient (Wildman–Crippen LogP) is 3.06. The van der Waals surface area contributed by atoms with Crippen molar-refractivity contribution in [2.75, 3.05) is 5.32 Å². The Bertz CT molecular complexity index is 559. The average molecular weight is 284 g/mol. The molecule has 0 aliphatic heterocycles. The van der Waals surface area contributed by atoms with Gasteiger partial charge in [0.2, 0.25) is 0 Å². The van der Waals surface area contributed by atoms with E-state index >= 15 is 0 Å². The van der Waals surface area contributed by atoms with Gasteiger partial charge in [-0.05, 0) is 25.0 Å². The molecule has 1 aliphatic rings. The lowest BCUT2D eigenvalue weighted by Gasteiger charge is -2.29. The summed E-state index contributed by atoms with van der Waals surface area (Å²) in [6.45, 7) is 0. The number of halogens is 1. The molecule has 0 saturated heterocycles. The number of aliphatic hydroxyl groups is 1. The molecule has 1 aromatic heterocycles. The first-order chi connectivity index (χ1) is 8.75. The van der Waals surface area contributed by atoms with E-state index in [0.717, 1.165) is 42.4 Å². The molecule has 0 bridgehead atoms. The zero-order valence-corrected chi connectivity index (χ0v) is 11.3. The van der Waals surface area contributed by atoms with E-state index in [-0.39, 0.29) is 12.1 Å². The van der Waals surface area contributed by atoms with Crippen LogP contribution in [0.1, 0.15) is 25.7 Å². The molecule has 0 radical (unpaired) electrons. The number of anilines is 1. The monoisotopic (exact) mass is 283 g/mol. The summed E-state index contributed by atoms with van der Waals surface area (Å²) < 4.78 is 8.47. The fraction of sp³-hybridized carbons (Fsp3) is 0.500. The van der Waals surface area contributed by atoms with E-state index in [1.807, 2.05) is 12.1 Å². The van der Waals surface area contributed by atoms with Gasteiger partial charge < -0.3 is 10.4 Å². The van der Waals surface area contributed by atoms with Gasteiger partial charge >= 0.3 is 0 Å². The highest BCUT2D eigenvalue weighted by molar-refractivity contribution is 7.00. The number of fused-ring (bicyclic) bond motifs is 1. The summed E-state index contributed by atoms with van der Waals surface area (Å²) in [6.07, 6.45) is 3.73. The number of hydrogen-bond acceptors (Lipinski definition) is 5. The normalized spacial score (nSPS) is 24.3. The van der Waals surface area contributed by atoms with Gasteiger partial charge in [-0.1, -0.05) is 24.4 Å². The molecule has 6 heteroatoms. The fourth-order valence-electron chi connectivity index (χ4n) is 2.43. The van der Waals surface area contributed by atoms with Gasteiger partial charge in [-0.15, -0.1) is 0 Å². The van der Waals surface area contributed by atoms with Crippen LogP contribution in [0.2, 0.25) is 5.02 Å². The Morgan fingerprint density at radius 2 is 2.11 bits per heavy atom. The molecular formula is C12H14ClN3OS. The van der Waals surface area contributed by atoms with Crippen LogP contribution in [0.15, 0.2) is 12.1 Å². The highest BCUT2D eigenvalue weighted by Gasteiger charge is 2.24. The van der Waals surface area contributed by atoms with Crippen LogP contribution in [0.3, 0.4) is 0 Å². The first kappa shape index (κ1) is 12.1. The summed E-state index contributed by atoms with van der Waals surface area (Å²) in [7, 11) is 0. The minimum Gasteiger partial charge on any atom is -0.391 e. The predicted molar refractivity (Wildman–Crippen MR) is 74.3 cm³/mol. The van der Waals surface area contributed by atoms with E-state index in [1.54, 1.807) is 0 Å². The third kappa shape index (κ3) is 2.18. The molecule has 2 atom stereocenters. The highest BCUT2D eigenvalue weighted by Crippen LogP contribution is 2.32. The standard InChI is InChI=1S/C12H14ClN3OS/c13-7-5-6-9-12(16-18-15-9)11(7)14-8-3-1-2-4-10(8)17/h5-6,8,10,14,17H,1-4H2. The largest absolute Gasteiger partial charge is 0.391 e. The van der Waals surface area contributed by atoms with Crippen molar-refractivity contribution in [1.29, 1.82) is 0 Å². The molecule has 0 spiro atoms. The van der Waals surface area contributed by atoms with Gasteiger partial charge in [0.05, 0.1) is 34.6 Å². The lowest BCUT2D eigenvalue weighted by Crippen LogP contribution is -2.36. The van der Waals surface area contributed by atoms with E-state index in [0.29, 0.717) is 5.02 Å². The van der Waals surface area contributed by atoms with E-state index in [1.165, 1.54) is 11.7 Å². The summed E-state index contributed by atoms with van der Waals surface area (Å²) in [4.78, 5) is 0. The Morgan fingerprint density at radius 3 is 2.94 bits per heavy atom. The van der Waals surface area contributed by atoms with Gasteiger partial charge in [0.15, 0.2) is 0 Å². The van der Waals surface area contributed by atoms with Crippen LogP contribution in [0.25, 0.3) is 11.0 Å². The number of aliphatic hydroxyl groups excluding tert-OH is 1. The molecule has 1 fully saturated rings. The highest BCUT2D eigenvalue weighted by atomic mass is 35.5. The molecule has 2 unspecified atom stereocenters. The van der Waals surface area contributed by atoms with E-state index < -0.39 is 0 Å². The van der Waals surface area contributed by atoms with Gasteiger partial charge in [-0.3, -0.25) is 0 Å². The van der Waals surface area contributed by atoms with Crippen molar-refractivity contribution in [3.63, 3.8) is 0 Å². The van der Waals surface area contributed by atoms with Crippen LogP contribution in [-0.2, 0) is 0 Å². The molecular weight excluding hydrogens is 270 g/mol. The second-order valence-electron chi connectivity index (χ2n) is 4.66. The van der Waals surface area contributed by atoms with Crippen LogP contribution in [0.5, 0.6) is 0 Å². The summed E-state index contributed by atoms with van der Waals surface area (Å²) >= 11 is 7.40. The topological polar surface area (TPSA) is 58.0 Å². The molecule has 1 heterocycles. The number of aromatic nitrogens is 2. The van der Waals surface area contributed by atoms with Gasteiger partial charge in [0.1, 0.15) is 11.0 Å². The molecule has 2 N–H and O–H groups in total. The Hall–Kier alpha value is -0.910. The first-order valence-electron chi connectivity index (χ1n) is 6.11. The SMILES string of the molecule is OC1CCCCC1Nc1c(Cl)ccc2nsnc12. The molecule has 3 rings (SSSR count). The summed E-state index contributed by atoms with van der Waals surface area (Å²) in [5, 5.41) is 14.0. The van der Waals surface area contributed by atoms with Crippen LogP contribution < -0.4 is 5.32 Å². The third-order valence-electron chi connectivity index (χ3n) is 3.44. The van der Waals surface area contributed by atoms with Crippen molar-refractivity contribution in [3.8, 4) is 0 Å². The van der Waals surface area contributed by atoms with Crippen molar-refractivity contribution in [2.45, 2.75) is 37.8 Å². The first-order valence-corrected chi connectivity index (χ1v) is 7.22. The Balaban J connectivity index is 1.93. The van der Waals surface area contributed by atoms with Gasteiger partial charge in [0, 0.05) is 0 Å². The fourth-order valence-corrected chi connectivity index (χ4v) is 3.18. The van der Waals surface area contributed by atoms with Crippen LogP contribution in [0.4, 0.5) is 5.69 Å². The van der Waals surface area contributed by atoms with Crippen molar-refractivity contribution in [1.82, 2.24) is 8.75 Å². The number of hydrogen-bond donors (Lipinski definition) is 2. The Labute approximate surface area is 114 Å². The number of benzene rings is 1. The zero-order valence-electron chi connectivity index (χ0n) is 9.77. The van der Waals surface area contributed by atoms with E-state index in [2.05, 4.69) is 14.1 Å². The van der Waals surface area contributed by atoms with Crippen molar-refractivity contribution in [2.24, 2.45) is 0 Å². The second-order valence-corrected chi connectivity index (χ2v) is 5.59. The Kier molecular flexibility index (Phi) is 3.37. The van der Waals surface area contributed by atoms with Gasteiger partial charge in [0.25, 0.3) is 0 Å². The number of rotatable bonds is 2. The van der Waals surface area contributed by atoms with E-state index in [9.17, 15) is 5.11 Å². The lowest BCUT2D eigenvalue weighted by atomic mass is 9.92. The molecule has 1 aliphatic carbocycles. The third-order valence-corrected chi connectivity index (χ3v) is 4.29. The minimum atomic E-state index is -0.309. The summed E-state index contributed by atoms with van der Waals surface area (Å²) in [5.74, 6) is 0. The molecule has 4 nitrogen and oxygen atoms in total. The molecule has 0 amide bonds. The zero-order chi connectivity index (χ0) is 12.5. The Morgan fingerprint density at radius 1 is 1.28 bits per heavy atom. The number of nitrogens with one attached hydrogen (secondary N) is 1. The maximum Gasteiger partial charge on any atom is 0.129 e. The molecule has 18 heavy (non-hydrogen) atoms. The molecule has 1 aromatic carbocycles. The smallest absolute Gasteiger partial charge is 0.129 e. The summed E-state index contributed by atoms with van der Waals surface area (Å²) in [5.41, 5.74) is 2.44. The maximum atomic E-state index is 10.0. The van der Waals surface area contributed by atoms with Crippen molar-refractivity contribution in [3.05, 3.63) is 17.2 Å². The number of nitrogens with zero attached hydrogens (tertiary/aromatic N) is 2. The van der Waals surface area contributed by atoms with E-state index in [4.69, 9.17) is 11.6 Å². The lowest BCUT2D eigenvalue weighted by molar-refractivity contribution is 0.116. The molecule has 1 saturated carbocycles. The minimum absolute atomic E-state index is 0.0588. The summed E-state index contributed by atoms with van der Waals surface area (Å²) in [6, 6.07) is 3.75. The van der Waals surface area contributed by atoms with Gasteiger partial charge in [-0.25, -0.2) is 0 Å². The molecule has 96 valence electrons. The van der Waals surface area contributed by atoms with Crippen LogP contribution >= 0.6 is 23.3 Å². The van der Waals surface area contributed by atoms with Crippen molar-refractivity contribution >= 4 is 40.0 Å². The van der Waals surface area contributed by atoms with Crippen LogP contribution in [0, 0.1) is 0 Å². The second kappa shape index (κ2) is 4.99. The average Bonchev–Trinajstić information content (AvgIpc) is 2.83. The molecule has 2 aromatic rings. The maximum absolute atomic E-state index is 10.0.